The Hall–Kier alpha value is -2.48. The van der Waals surface area contributed by atoms with Crippen molar-refractivity contribution in [3.05, 3.63) is 23.7 Å². The summed E-state index contributed by atoms with van der Waals surface area (Å²) in [6.45, 7) is 4.78. The molecule has 39 heavy (non-hydrogen) atoms. The molecule has 0 aromatic carbocycles. The van der Waals surface area contributed by atoms with Crippen LogP contribution in [0.4, 0.5) is 11.8 Å². The lowest BCUT2D eigenvalue weighted by Gasteiger charge is -2.32. The van der Waals surface area contributed by atoms with E-state index in [-0.39, 0.29) is 13.2 Å². The van der Waals surface area contributed by atoms with E-state index in [1.165, 1.54) is 11.3 Å². The molecule has 5 atom stereocenters. The first-order valence-electron chi connectivity index (χ1n) is 13.7. The molecule has 3 aliphatic rings. The number of aliphatic hydroxyl groups is 4. The predicted molar refractivity (Wildman–Crippen MR) is 148 cm³/mol. The highest BCUT2D eigenvalue weighted by molar-refractivity contribution is 7.21. The molecule has 1 saturated heterocycles. The van der Waals surface area contributed by atoms with Gasteiger partial charge in [-0.25, -0.2) is 9.97 Å². The first-order chi connectivity index (χ1) is 18.7. The van der Waals surface area contributed by atoms with E-state index in [1.807, 2.05) is 19.9 Å². The van der Waals surface area contributed by atoms with E-state index in [1.54, 1.807) is 6.20 Å². The van der Waals surface area contributed by atoms with Crippen LogP contribution in [-0.4, -0.2) is 89.6 Å². The van der Waals surface area contributed by atoms with Crippen LogP contribution in [0.3, 0.4) is 0 Å². The molecule has 11 nitrogen and oxygen atoms in total. The van der Waals surface area contributed by atoms with E-state index in [0.717, 1.165) is 33.8 Å². The van der Waals surface area contributed by atoms with Gasteiger partial charge in [0.05, 0.1) is 46.0 Å². The lowest BCUT2D eigenvalue weighted by atomic mass is 9.83. The second-order valence-electron chi connectivity index (χ2n) is 11.4. The molecule has 3 aromatic heterocycles. The molecule has 4 heterocycles. The predicted octanol–water partition coefficient (Wildman–Crippen LogP) is 2.16. The minimum atomic E-state index is -1.07. The fourth-order valence-corrected chi connectivity index (χ4v) is 7.44. The highest BCUT2D eigenvalue weighted by Gasteiger charge is 2.52. The van der Waals surface area contributed by atoms with Gasteiger partial charge in [0.25, 0.3) is 0 Å². The van der Waals surface area contributed by atoms with Crippen molar-refractivity contribution in [1.82, 2.24) is 19.9 Å². The molecule has 2 aliphatic carbocycles. The summed E-state index contributed by atoms with van der Waals surface area (Å²) < 4.78 is 6.35. The third-order valence-corrected chi connectivity index (χ3v) is 9.65. The van der Waals surface area contributed by atoms with Crippen LogP contribution in [0, 0.1) is 19.8 Å². The van der Waals surface area contributed by atoms with E-state index in [4.69, 9.17) is 14.7 Å². The summed E-state index contributed by atoms with van der Waals surface area (Å²) in [5.74, 6) is 0.376. The smallest absolute Gasteiger partial charge is 0.225 e. The number of rotatable bonds is 7. The SMILES string of the molecule is Cc1nc(NCC2(O)CCOC2)nc(NC2C[C@H](C3(O)CCCC3)[C@@H](O)[C@H]2O)c1-c1nc2c(C)nccc2s1. The second kappa shape index (κ2) is 10.2. The first-order valence-corrected chi connectivity index (χ1v) is 14.5. The molecule has 2 unspecified atom stereocenters. The molecule has 3 aromatic rings. The van der Waals surface area contributed by atoms with Crippen LogP contribution < -0.4 is 10.6 Å². The van der Waals surface area contributed by atoms with Gasteiger partial charge < -0.3 is 35.8 Å². The van der Waals surface area contributed by atoms with Gasteiger partial charge in [0.1, 0.15) is 28.0 Å². The van der Waals surface area contributed by atoms with Crippen molar-refractivity contribution in [3.63, 3.8) is 0 Å². The number of aliphatic hydroxyl groups excluding tert-OH is 2. The monoisotopic (exact) mass is 556 g/mol. The molecule has 0 bridgehead atoms. The maximum atomic E-state index is 11.2. The molecule has 12 heteroatoms. The molecular weight excluding hydrogens is 520 g/mol. The topological polar surface area (TPSA) is 166 Å². The Balaban J connectivity index is 1.35. The molecule has 6 rings (SSSR count). The van der Waals surface area contributed by atoms with Gasteiger partial charge in [0.2, 0.25) is 5.95 Å². The Kier molecular flexibility index (Phi) is 6.97. The Morgan fingerprint density at radius 3 is 2.56 bits per heavy atom. The average Bonchev–Trinajstić information content (AvgIpc) is 3.69. The number of fused-ring (bicyclic) bond motifs is 1. The number of anilines is 2. The van der Waals surface area contributed by atoms with Gasteiger partial charge in [0.15, 0.2) is 0 Å². The van der Waals surface area contributed by atoms with Gasteiger partial charge in [0, 0.05) is 31.7 Å². The number of hydrogen-bond donors (Lipinski definition) is 6. The highest BCUT2D eigenvalue weighted by Crippen LogP contribution is 2.45. The summed E-state index contributed by atoms with van der Waals surface area (Å²) in [6.07, 6.45) is 3.68. The van der Waals surface area contributed by atoms with Crippen molar-refractivity contribution < 1.29 is 25.2 Å². The lowest BCUT2D eigenvalue weighted by molar-refractivity contribution is -0.0763. The van der Waals surface area contributed by atoms with Crippen LogP contribution in [0.1, 0.15) is 49.9 Å². The number of hydrogen-bond acceptors (Lipinski definition) is 12. The van der Waals surface area contributed by atoms with E-state index in [0.29, 0.717) is 55.3 Å². The third-order valence-electron chi connectivity index (χ3n) is 8.62. The van der Waals surface area contributed by atoms with Gasteiger partial charge >= 0.3 is 0 Å². The zero-order valence-electron chi connectivity index (χ0n) is 22.2. The van der Waals surface area contributed by atoms with Crippen molar-refractivity contribution in [2.24, 2.45) is 5.92 Å². The van der Waals surface area contributed by atoms with Gasteiger partial charge in [-0.05, 0) is 39.2 Å². The summed E-state index contributed by atoms with van der Waals surface area (Å²) in [5, 5.41) is 51.2. The Morgan fingerprint density at radius 2 is 1.85 bits per heavy atom. The molecular formula is C27H36N6O5S. The minimum Gasteiger partial charge on any atom is -0.390 e. The van der Waals surface area contributed by atoms with Crippen LogP contribution in [0.5, 0.6) is 0 Å². The number of aromatic nitrogens is 4. The standard InChI is InChI=1S/C27H36N6O5S/c1-14-19(24-32-20-15(2)28-9-5-18(20)39-24)23(33-25(30-14)29-12-26(36)8-10-38-13-26)31-17-11-16(21(34)22(17)35)27(37)6-3-4-7-27/h5,9,16-17,21-22,34-37H,3-4,6-8,10-13H2,1-2H3,(H2,29,30,31,33)/t16-,17?,21+,22-,26?/m0/s1. The summed E-state index contributed by atoms with van der Waals surface area (Å²) in [5.41, 5.74) is 1.06. The number of nitrogens with one attached hydrogen (secondary N) is 2. The number of ether oxygens (including phenoxy) is 1. The number of aryl methyl sites for hydroxylation is 2. The van der Waals surface area contributed by atoms with E-state index in [2.05, 4.69) is 20.6 Å². The molecule has 6 N–H and O–H groups in total. The number of thiazole rings is 1. The number of nitrogens with zero attached hydrogens (tertiary/aromatic N) is 4. The van der Waals surface area contributed by atoms with Crippen LogP contribution in [0.15, 0.2) is 12.3 Å². The summed E-state index contributed by atoms with van der Waals surface area (Å²) in [4.78, 5) is 18.7. The fraction of sp³-hybridized carbons (Fsp3) is 0.630. The summed E-state index contributed by atoms with van der Waals surface area (Å²) >= 11 is 1.51. The fourth-order valence-electron chi connectivity index (χ4n) is 6.32. The van der Waals surface area contributed by atoms with Crippen molar-refractivity contribution >= 4 is 33.3 Å². The van der Waals surface area contributed by atoms with E-state index >= 15 is 0 Å². The van der Waals surface area contributed by atoms with Gasteiger partial charge in [-0.2, -0.15) is 4.98 Å². The zero-order chi connectivity index (χ0) is 27.4. The minimum absolute atomic E-state index is 0.233. The lowest BCUT2D eigenvalue weighted by Crippen LogP contribution is -2.42. The summed E-state index contributed by atoms with van der Waals surface area (Å²) in [6, 6.07) is 1.40. The molecule has 0 spiro atoms. The normalized spacial score (nSPS) is 30.3. The van der Waals surface area contributed by atoms with Gasteiger partial charge in [-0.1, -0.05) is 12.8 Å². The van der Waals surface area contributed by atoms with Crippen molar-refractivity contribution in [2.75, 3.05) is 30.4 Å². The molecule has 2 saturated carbocycles. The molecule has 1 aliphatic heterocycles. The van der Waals surface area contributed by atoms with Crippen molar-refractivity contribution in [3.8, 4) is 10.6 Å². The molecule has 0 radical (unpaired) electrons. The highest BCUT2D eigenvalue weighted by atomic mass is 32.1. The van der Waals surface area contributed by atoms with Gasteiger partial charge in [-0.15, -0.1) is 11.3 Å². The quantitative estimate of drug-likeness (QED) is 0.252. The maximum Gasteiger partial charge on any atom is 0.225 e. The van der Waals surface area contributed by atoms with Crippen molar-refractivity contribution in [1.29, 1.82) is 0 Å². The maximum absolute atomic E-state index is 11.2. The van der Waals surface area contributed by atoms with Crippen LogP contribution in [-0.2, 0) is 4.74 Å². The Bertz CT molecular complexity index is 1360. The van der Waals surface area contributed by atoms with Crippen LogP contribution in [0.2, 0.25) is 0 Å². The van der Waals surface area contributed by atoms with E-state index < -0.39 is 35.4 Å². The van der Waals surface area contributed by atoms with Crippen LogP contribution >= 0.6 is 11.3 Å². The molecule has 210 valence electrons. The Morgan fingerprint density at radius 1 is 1.05 bits per heavy atom. The van der Waals surface area contributed by atoms with Crippen molar-refractivity contribution in [2.45, 2.75) is 81.8 Å². The molecule has 0 amide bonds. The van der Waals surface area contributed by atoms with E-state index in [9.17, 15) is 20.4 Å². The average molecular weight is 557 g/mol. The molecule has 3 fully saturated rings. The third kappa shape index (κ3) is 4.98. The Labute approximate surface area is 230 Å². The van der Waals surface area contributed by atoms with Crippen LogP contribution in [0.25, 0.3) is 20.8 Å². The van der Waals surface area contributed by atoms with Gasteiger partial charge in [-0.3, -0.25) is 4.98 Å². The largest absolute Gasteiger partial charge is 0.390 e. The second-order valence-corrected chi connectivity index (χ2v) is 12.4. The number of pyridine rings is 1. The summed E-state index contributed by atoms with van der Waals surface area (Å²) in [7, 11) is 0. The first kappa shape index (κ1) is 26.7. The zero-order valence-corrected chi connectivity index (χ0v) is 23.0.